The van der Waals surface area contributed by atoms with E-state index in [1.54, 1.807) is 19.9 Å². The predicted octanol–water partition coefficient (Wildman–Crippen LogP) is 0.851. The third kappa shape index (κ3) is 6.24. The Balaban J connectivity index is 4.24. The van der Waals surface area contributed by atoms with Gasteiger partial charge in [0.05, 0.1) is 6.07 Å². The van der Waals surface area contributed by atoms with Crippen LogP contribution in [0, 0.1) is 11.3 Å². The largest absolute Gasteiger partial charge is 0.481 e. The van der Waals surface area contributed by atoms with Crippen molar-refractivity contribution in [2.45, 2.75) is 50.8 Å². The van der Waals surface area contributed by atoms with Crippen LogP contribution in [0.2, 0.25) is 0 Å². The monoisotopic (exact) mass is 262 g/mol. The molecule has 0 aliphatic carbocycles. The molecule has 0 aromatic carbocycles. The molecule has 0 fully saturated rings. The van der Waals surface area contributed by atoms with Crippen LogP contribution in [0.5, 0.6) is 0 Å². The zero-order valence-electron chi connectivity index (χ0n) is 10.0. The summed E-state index contributed by atoms with van der Waals surface area (Å²) in [5.74, 6) is -0.900. The summed E-state index contributed by atoms with van der Waals surface area (Å²) in [6, 6.07) is 1.37. The second kappa shape index (κ2) is 7.25. The zero-order valence-corrected chi connectivity index (χ0v) is 10.8. The van der Waals surface area contributed by atoms with Crippen molar-refractivity contribution >= 4 is 16.0 Å². The van der Waals surface area contributed by atoms with Gasteiger partial charge in [-0.25, -0.2) is 13.1 Å². The van der Waals surface area contributed by atoms with E-state index in [2.05, 4.69) is 4.72 Å². The van der Waals surface area contributed by atoms with Gasteiger partial charge in [0.25, 0.3) is 0 Å². The van der Waals surface area contributed by atoms with Crippen LogP contribution >= 0.6 is 0 Å². The minimum atomic E-state index is -3.63. The van der Waals surface area contributed by atoms with Gasteiger partial charge in [0.1, 0.15) is 0 Å². The van der Waals surface area contributed by atoms with Gasteiger partial charge >= 0.3 is 5.97 Å². The van der Waals surface area contributed by atoms with E-state index in [9.17, 15) is 13.2 Å². The van der Waals surface area contributed by atoms with E-state index in [4.69, 9.17) is 10.4 Å². The minimum absolute atomic E-state index is 0.0154. The molecule has 0 aromatic heterocycles. The van der Waals surface area contributed by atoms with Crippen LogP contribution in [-0.2, 0) is 14.8 Å². The van der Waals surface area contributed by atoms with E-state index in [0.717, 1.165) is 0 Å². The highest BCUT2D eigenvalue weighted by Crippen LogP contribution is 2.07. The second-order valence-electron chi connectivity index (χ2n) is 3.88. The summed E-state index contributed by atoms with van der Waals surface area (Å²) in [6.07, 6.45) is 1.09. The first-order valence-corrected chi connectivity index (χ1v) is 7.00. The molecule has 2 N–H and O–H groups in total. The Kier molecular flexibility index (Phi) is 6.76. The van der Waals surface area contributed by atoms with Crippen LogP contribution in [0.3, 0.4) is 0 Å². The van der Waals surface area contributed by atoms with Crippen LogP contribution in [0.4, 0.5) is 0 Å². The highest BCUT2D eigenvalue weighted by atomic mass is 32.2. The number of carboxylic acid groups (broad SMARTS) is 1. The smallest absolute Gasteiger partial charge is 0.303 e. The molecule has 0 saturated heterocycles. The Morgan fingerprint density at radius 2 is 2.12 bits per heavy atom. The molecular weight excluding hydrogens is 244 g/mol. The summed E-state index contributed by atoms with van der Waals surface area (Å²) < 4.78 is 25.7. The molecule has 7 heteroatoms. The summed E-state index contributed by atoms with van der Waals surface area (Å²) >= 11 is 0. The van der Waals surface area contributed by atoms with Crippen LogP contribution < -0.4 is 4.72 Å². The molecule has 0 aliphatic rings. The van der Waals surface area contributed by atoms with Crippen molar-refractivity contribution in [1.82, 2.24) is 4.72 Å². The van der Waals surface area contributed by atoms with E-state index in [0.29, 0.717) is 12.8 Å². The Morgan fingerprint density at radius 1 is 1.53 bits per heavy atom. The van der Waals surface area contributed by atoms with Crippen LogP contribution in [0.25, 0.3) is 0 Å². The highest BCUT2D eigenvalue weighted by molar-refractivity contribution is 7.90. The number of rotatable bonds is 8. The fourth-order valence-corrected chi connectivity index (χ4v) is 2.78. The molecule has 6 nitrogen and oxygen atoms in total. The molecule has 17 heavy (non-hydrogen) atoms. The predicted molar refractivity (Wildman–Crippen MR) is 62.7 cm³/mol. The average molecular weight is 262 g/mol. The number of nitrogens with one attached hydrogen (secondary N) is 1. The first-order chi connectivity index (χ1) is 7.83. The van der Waals surface area contributed by atoms with Crippen molar-refractivity contribution in [3.8, 4) is 6.07 Å². The maximum Gasteiger partial charge on any atom is 0.303 e. The molecule has 0 spiro atoms. The Bertz CT molecular complexity index is 386. The van der Waals surface area contributed by atoms with Gasteiger partial charge < -0.3 is 5.11 Å². The molecule has 98 valence electrons. The molecule has 0 rings (SSSR count). The third-order valence-corrected chi connectivity index (χ3v) is 4.20. The van der Waals surface area contributed by atoms with Crippen molar-refractivity contribution in [3.63, 3.8) is 0 Å². The molecule has 0 saturated carbocycles. The van der Waals surface area contributed by atoms with Gasteiger partial charge in [0.2, 0.25) is 10.0 Å². The molecule has 0 bridgehead atoms. The molecule has 2 unspecified atom stereocenters. The van der Waals surface area contributed by atoms with Gasteiger partial charge in [-0.2, -0.15) is 5.26 Å². The third-order valence-electron chi connectivity index (χ3n) is 2.28. The van der Waals surface area contributed by atoms with E-state index < -0.39 is 21.2 Å². The lowest BCUT2D eigenvalue weighted by molar-refractivity contribution is -0.137. The van der Waals surface area contributed by atoms with Crippen molar-refractivity contribution in [2.75, 3.05) is 0 Å². The number of hydrogen-bond donors (Lipinski definition) is 2. The lowest BCUT2D eigenvalue weighted by Gasteiger charge is -2.15. The summed E-state index contributed by atoms with van der Waals surface area (Å²) in [5.41, 5.74) is 0. The molecule has 0 amide bonds. The van der Waals surface area contributed by atoms with E-state index in [-0.39, 0.29) is 18.9 Å². The quantitative estimate of drug-likeness (QED) is 0.674. The molecule has 2 atom stereocenters. The van der Waals surface area contributed by atoms with Gasteiger partial charge in [-0.15, -0.1) is 0 Å². The number of carboxylic acids is 1. The van der Waals surface area contributed by atoms with Crippen LogP contribution in [0.15, 0.2) is 0 Å². The van der Waals surface area contributed by atoms with Crippen molar-refractivity contribution in [3.05, 3.63) is 0 Å². The van der Waals surface area contributed by atoms with E-state index in [1.165, 1.54) is 0 Å². The number of carbonyl (C=O) groups is 1. The fraction of sp³-hybridized carbons (Fsp3) is 0.800. The van der Waals surface area contributed by atoms with E-state index in [1.807, 2.05) is 0 Å². The van der Waals surface area contributed by atoms with Gasteiger partial charge in [-0.3, -0.25) is 4.79 Å². The van der Waals surface area contributed by atoms with Gasteiger partial charge in [-0.1, -0.05) is 6.92 Å². The Morgan fingerprint density at radius 3 is 2.53 bits per heavy atom. The second-order valence-corrected chi connectivity index (χ2v) is 5.77. The Labute approximate surface area is 102 Å². The molecule has 0 heterocycles. The molecule has 0 radical (unpaired) electrons. The average Bonchev–Trinajstić information content (AvgIpc) is 2.17. The van der Waals surface area contributed by atoms with Crippen molar-refractivity contribution in [1.29, 1.82) is 5.26 Å². The zero-order chi connectivity index (χ0) is 13.5. The SMILES string of the molecule is CCC(C#N)S(=O)(=O)NC(C)CCCC(=O)O. The summed E-state index contributed by atoms with van der Waals surface area (Å²) in [5, 5.41) is 16.1. The molecule has 0 aliphatic heterocycles. The molecular formula is C10H18N2O4S. The van der Waals surface area contributed by atoms with Gasteiger partial charge in [0.15, 0.2) is 5.25 Å². The number of hydrogen-bond acceptors (Lipinski definition) is 4. The lowest BCUT2D eigenvalue weighted by Crippen LogP contribution is -2.38. The summed E-state index contributed by atoms with van der Waals surface area (Å²) in [7, 11) is -3.63. The maximum absolute atomic E-state index is 11.7. The molecule has 0 aromatic rings. The van der Waals surface area contributed by atoms with Gasteiger partial charge in [-0.05, 0) is 26.2 Å². The lowest BCUT2D eigenvalue weighted by atomic mass is 10.1. The number of nitriles is 1. The normalized spacial score (nSPS) is 14.9. The van der Waals surface area contributed by atoms with Crippen LogP contribution in [0.1, 0.15) is 39.5 Å². The van der Waals surface area contributed by atoms with Crippen molar-refractivity contribution < 1.29 is 18.3 Å². The number of aliphatic carboxylic acids is 1. The van der Waals surface area contributed by atoms with E-state index >= 15 is 0 Å². The number of nitrogens with zero attached hydrogens (tertiary/aromatic N) is 1. The number of sulfonamides is 1. The highest BCUT2D eigenvalue weighted by Gasteiger charge is 2.24. The summed E-state index contributed by atoms with van der Waals surface area (Å²) in [6.45, 7) is 3.28. The van der Waals surface area contributed by atoms with Crippen LogP contribution in [-0.4, -0.2) is 30.8 Å². The maximum atomic E-state index is 11.7. The topological polar surface area (TPSA) is 107 Å². The Hall–Kier alpha value is -1.13. The first-order valence-electron chi connectivity index (χ1n) is 5.46. The van der Waals surface area contributed by atoms with Gasteiger partial charge in [0, 0.05) is 12.5 Å². The summed E-state index contributed by atoms with van der Waals surface area (Å²) in [4.78, 5) is 10.3. The van der Waals surface area contributed by atoms with Crippen molar-refractivity contribution in [2.24, 2.45) is 0 Å². The first kappa shape index (κ1) is 15.9. The minimum Gasteiger partial charge on any atom is -0.481 e. The standard InChI is InChI=1S/C10H18N2O4S/c1-3-9(7-11)17(15,16)12-8(2)5-4-6-10(13)14/h8-9,12H,3-6H2,1-2H3,(H,13,14). The fourth-order valence-electron chi connectivity index (χ4n) is 1.36.